The van der Waals surface area contributed by atoms with E-state index in [0.717, 1.165) is 17.9 Å². The summed E-state index contributed by atoms with van der Waals surface area (Å²) >= 11 is 0. The lowest BCUT2D eigenvalue weighted by Gasteiger charge is -2.23. The Morgan fingerprint density at radius 1 is 1.44 bits per heavy atom. The van der Waals surface area contributed by atoms with Gasteiger partial charge in [-0.2, -0.15) is 0 Å². The molecule has 0 aliphatic carbocycles. The zero-order valence-corrected chi connectivity index (χ0v) is 10.0. The standard InChI is InChI=1S/C12H15NO2.ClH/c1-15-11-4-2-3-9(7-11)12-8-10(14)5-6-13-12;/h2-4,7,12-13H,5-6,8H2,1H3;1H. The van der Waals surface area contributed by atoms with E-state index in [1.807, 2.05) is 24.3 Å². The summed E-state index contributed by atoms with van der Waals surface area (Å²) in [6.45, 7) is 0.778. The van der Waals surface area contributed by atoms with Gasteiger partial charge in [0.05, 0.1) is 7.11 Å². The molecular formula is C12H16ClNO2. The Morgan fingerprint density at radius 2 is 2.25 bits per heavy atom. The van der Waals surface area contributed by atoms with Crippen LogP contribution in [0.3, 0.4) is 0 Å². The molecule has 0 amide bonds. The third-order valence-corrected chi connectivity index (χ3v) is 2.72. The van der Waals surface area contributed by atoms with E-state index in [0.29, 0.717) is 18.6 Å². The van der Waals surface area contributed by atoms with Gasteiger partial charge in [0.25, 0.3) is 0 Å². The van der Waals surface area contributed by atoms with Crippen LogP contribution in [0.25, 0.3) is 0 Å². The van der Waals surface area contributed by atoms with Crippen LogP contribution in [0, 0.1) is 0 Å². The van der Waals surface area contributed by atoms with Crippen molar-refractivity contribution in [2.24, 2.45) is 0 Å². The molecule has 0 spiro atoms. The number of halogens is 1. The van der Waals surface area contributed by atoms with Gasteiger partial charge in [-0.05, 0) is 17.7 Å². The fraction of sp³-hybridized carbons (Fsp3) is 0.417. The van der Waals surface area contributed by atoms with Gasteiger partial charge in [0.2, 0.25) is 0 Å². The van der Waals surface area contributed by atoms with Crippen molar-refractivity contribution in [3.8, 4) is 5.75 Å². The molecule has 3 nitrogen and oxygen atoms in total. The first kappa shape index (κ1) is 13.0. The predicted octanol–water partition coefficient (Wildman–Crippen LogP) is 2.11. The first-order chi connectivity index (χ1) is 7.29. The minimum atomic E-state index is 0. The largest absolute Gasteiger partial charge is 0.497 e. The van der Waals surface area contributed by atoms with Crippen molar-refractivity contribution in [2.45, 2.75) is 18.9 Å². The van der Waals surface area contributed by atoms with E-state index in [-0.39, 0.29) is 18.4 Å². The summed E-state index contributed by atoms with van der Waals surface area (Å²) in [7, 11) is 1.65. The monoisotopic (exact) mass is 241 g/mol. The molecule has 1 atom stereocenters. The molecule has 1 unspecified atom stereocenters. The maximum Gasteiger partial charge on any atom is 0.136 e. The van der Waals surface area contributed by atoms with Gasteiger partial charge >= 0.3 is 0 Å². The normalized spacial score (nSPS) is 20.1. The van der Waals surface area contributed by atoms with E-state index in [1.165, 1.54) is 0 Å². The number of benzene rings is 1. The van der Waals surface area contributed by atoms with Gasteiger partial charge in [-0.1, -0.05) is 12.1 Å². The smallest absolute Gasteiger partial charge is 0.136 e. The number of methoxy groups -OCH3 is 1. The molecule has 0 bridgehead atoms. The highest BCUT2D eigenvalue weighted by Crippen LogP contribution is 2.24. The SMILES string of the molecule is COc1cccc(C2CC(=O)CCN2)c1.Cl. The summed E-state index contributed by atoms with van der Waals surface area (Å²) in [6.07, 6.45) is 1.24. The highest BCUT2D eigenvalue weighted by Gasteiger charge is 2.20. The molecule has 1 N–H and O–H groups in total. The molecule has 0 saturated carbocycles. The fourth-order valence-electron chi connectivity index (χ4n) is 1.88. The summed E-state index contributed by atoms with van der Waals surface area (Å²) in [6, 6.07) is 8.03. The van der Waals surface area contributed by atoms with Crippen molar-refractivity contribution in [3.63, 3.8) is 0 Å². The Balaban J connectivity index is 0.00000128. The number of ether oxygens (including phenoxy) is 1. The zero-order valence-electron chi connectivity index (χ0n) is 9.23. The van der Waals surface area contributed by atoms with Gasteiger partial charge in [0.15, 0.2) is 0 Å². The van der Waals surface area contributed by atoms with Crippen molar-refractivity contribution >= 4 is 18.2 Å². The Bertz CT molecular complexity index is 368. The number of Topliss-reactive ketones (excluding diaryl/α,β-unsaturated/α-hetero) is 1. The van der Waals surface area contributed by atoms with Crippen molar-refractivity contribution in [1.29, 1.82) is 0 Å². The second-order valence-electron chi connectivity index (χ2n) is 3.78. The number of carbonyl (C=O) groups is 1. The van der Waals surface area contributed by atoms with Crippen LogP contribution in [-0.4, -0.2) is 19.4 Å². The molecule has 16 heavy (non-hydrogen) atoms. The Labute approximate surface area is 102 Å². The topological polar surface area (TPSA) is 38.3 Å². The lowest BCUT2D eigenvalue weighted by molar-refractivity contribution is -0.120. The number of carbonyl (C=O) groups excluding carboxylic acids is 1. The molecule has 1 aromatic rings. The molecule has 1 fully saturated rings. The third-order valence-electron chi connectivity index (χ3n) is 2.72. The molecule has 0 radical (unpaired) electrons. The quantitative estimate of drug-likeness (QED) is 0.862. The minimum absolute atomic E-state index is 0. The van der Waals surface area contributed by atoms with Crippen LogP contribution in [0.15, 0.2) is 24.3 Å². The molecule has 1 heterocycles. The van der Waals surface area contributed by atoms with Crippen LogP contribution in [0.1, 0.15) is 24.4 Å². The highest BCUT2D eigenvalue weighted by atomic mass is 35.5. The molecule has 1 aliphatic rings. The molecular weight excluding hydrogens is 226 g/mol. The maximum absolute atomic E-state index is 11.3. The number of rotatable bonds is 2. The van der Waals surface area contributed by atoms with Gasteiger partial charge in [0, 0.05) is 25.4 Å². The molecule has 0 aromatic heterocycles. The van der Waals surface area contributed by atoms with Crippen LogP contribution >= 0.6 is 12.4 Å². The predicted molar refractivity (Wildman–Crippen MR) is 65.2 cm³/mol. The molecule has 88 valence electrons. The summed E-state index contributed by atoms with van der Waals surface area (Å²) < 4.78 is 5.16. The number of hydrogen-bond donors (Lipinski definition) is 1. The van der Waals surface area contributed by atoms with Crippen LogP contribution < -0.4 is 10.1 Å². The summed E-state index contributed by atoms with van der Waals surface area (Å²) in [5.41, 5.74) is 1.13. The molecule has 1 aromatic carbocycles. The van der Waals surface area contributed by atoms with Crippen molar-refractivity contribution in [3.05, 3.63) is 29.8 Å². The lowest BCUT2D eigenvalue weighted by atomic mass is 9.96. The van der Waals surface area contributed by atoms with E-state index in [2.05, 4.69) is 5.32 Å². The molecule has 4 heteroatoms. The number of hydrogen-bond acceptors (Lipinski definition) is 3. The fourth-order valence-corrected chi connectivity index (χ4v) is 1.88. The minimum Gasteiger partial charge on any atom is -0.497 e. The number of piperidine rings is 1. The van der Waals surface area contributed by atoms with E-state index >= 15 is 0 Å². The summed E-state index contributed by atoms with van der Waals surface area (Å²) in [5.74, 6) is 1.17. The first-order valence-electron chi connectivity index (χ1n) is 5.18. The Hall–Kier alpha value is -1.06. The van der Waals surface area contributed by atoms with Gasteiger partial charge in [-0.15, -0.1) is 12.4 Å². The van der Waals surface area contributed by atoms with E-state index in [4.69, 9.17) is 4.74 Å². The van der Waals surface area contributed by atoms with Crippen LogP contribution in [0.2, 0.25) is 0 Å². The van der Waals surface area contributed by atoms with Crippen LogP contribution in [0.5, 0.6) is 5.75 Å². The van der Waals surface area contributed by atoms with Crippen LogP contribution in [0.4, 0.5) is 0 Å². The zero-order chi connectivity index (χ0) is 10.7. The maximum atomic E-state index is 11.3. The second-order valence-corrected chi connectivity index (χ2v) is 3.78. The van der Waals surface area contributed by atoms with Crippen molar-refractivity contribution in [2.75, 3.05) is 13.7 Å². The number of ketones is 1. The van der Waals surface area contributed by atoms with Crippen molar-refractivity contribution in [1.82, 2.24) is 5.32 Å². The van der Waals surface area contributed by atoms with Gasteiger partial charge in [0.1, 0.15) is 11.5 Å². The van der Waals surface area contributed by atoms with Crippen molar-refractivity contribution < 1.29 is 9.53 Å². The van der Waals surface area contributed by atoms with E-state index in [9.17, 15) is 4.79 Å². The molecule has 1 saturated heterocycles. The van der Waals surface area contributed by atoms with Gasteiger partial charge in [-0.25, -0.2) is 0 Å². The third kappa shape index (κ3) is 2.97. The second kappa shape index (κ2) is 5.87. The average Bonchev–Trinajstić information content (AvgIpc) is 2.29. The lowest BCUT2D eigenvalue weighted by Crippen LogP contribution is -2.31. The Kier molecular flexibility index (Phi) is 4.77. The average molecular weight is 242 g/mol. The highest BCUT2D eigenvalue weighted by molar-refractivity contribution is 5.85. The van der Waals surface area contributed by atoms with E-state index in [1.54, 1.807) is 7.11 Å². The summed E-state index contributed by atoms with van der Waals surface area (Å²) in [4.78, 5) is 11.3. The molecule has 1 aliphatic heterocycles. The Morgan fingerprint density at radius 3 is 2.94 bits per heavy atom. The van der Waals surface area contributed by atoms with Gasteiger partial charge < -0.3 is 10.1 Å². The first-order valence-corrected chi connectivity index (χ1v) is 5.18. The van der Waals surface area contributed by atoms with Crippen LogP contribution in [-0.2, 0) is 4.79 Å². The van der Waals surface area contributed by atoms with Gasteiger partial charge in [-0.3, -0.25) is 4.79 Å². The number of nitrogens with one attached hydrogen (secondary N) is 1. The molecule has 2 rings (SSSR count). The summed E-state index contributed by atoms with van der Waals surface area (Å²) in [5, 5.41) is 3.34. The van der Waals surface area contributed by atoms with E-state index < -0.39 is 0 Å².